The van der Waals surface area contributed by atoms with Crippen molar-refractivity contribution in [2.75, 3.05) is 6.54 Å². The monoisotopic (exact) mass is 389 g/mol. The second-order valence-electron chi connectivity index (χ2n) is 7.37. The summed E-state index contributed by atoms with van der Waals surface area (Å²) in [6.07, 6.45) is 6.75. The van der Waals surface area contributed by atoms with E-state index in [0.29, 0.717) is 12.8 Å². The second kappa shape index (κ2) is 12.0. The minimum Gasteiger partial charge on any atom is -0.481 e. The van der Waals surface area contributed by atoms with Gasteiger partial charge in [0, 0.05) is 31.5 Å². The number of carbonyl (C=O) groups is 3. The number of aliphatic carboxylic acids is 1. The van der Waals surface area contributed by atoms with Crippen molar-refractivity contribution >= 4 is 17.9 Å². The molecule has 0 radical (unpaired) electrons. The van der Waals surface area contributed by atoms with Crippen LogP contribution in [0.4, 0.5) is 4.79 Å². The summed E-state index contributed by atoms with van der Waals surface area (Å²) < 4.78 is 0. The number of rotatable bonds is 10. The zero-order valence-corrected chi connectivity index (χ0v) is 16.3. The molecule has 1 aromatic rings. The van der Waals surface area contributed by atoms with Gasteiger partial charge in [0.2, 0.25) is 5.91 Å². The second-order valence-corrected chi connectivity index (χ2v) is 7.37. The zero-order valence-electron chi connectivity index (χ0n) is 16.3. The number of nitrogens with one attached hydrogen (secondary N) is 3. The Hall–Kier alpha value is -2.57. The van der Waals surface area contributed by atoms with Crippen LogP contribution in [-0.2, 0) is 16.0 Å². The van der Waals surface area contributed by atoms with Gasteiger partial charge in [-0.3, -0.25) is 9.59 Å². The molecule has 2 rings (SSSR count). The SMILES string of the molecule is O=C(O)CCC(Cc1ccccc1)NC(=O)NCCC(=O)NC1CCCCC1. The molecule has 1 fully saturated rings. The van der Waals surface area contributed by atoms with Gasteiger partial charge in [0.15, 0.2) is 0 Å². The van der Waals surface area contributed by atoms with Gasteiger partial charge < -0.3 is 21.1 Å². The number of carboxylic acids is 1. The van der Waals surface area contributed by atoms with Crippen molar-refractivity contribution < 1.29 is 19.5 Å². The first-order valence-electron chi connectivity index (χ1n) is 10.1. The van der Waals surface area contributed by atoms with Crippen LogP contribution in [-0.4, -0.2) is 41.6 Å². The highest BCUT2D eigenvalue weighted by molar-refractivity contribution is 5.78. The van der Waals surface area contributed by atoms with Crippen LogP contribution in [0.3, 0.4) is 0 Å². The molecule has 0 heterocycles. The van der Waals surface area contributed by atoms with Gasteiger partial charge >= 0.3 is 12.0 Å². The Kier molecular flexibility index (Phi) is 9.31. The Morgan fingerprint density at radius 3 is 2.43 bits per heavy atom. The largest absolute Gasteiger partial charge is 0.481 e. The number of benzene rings is 1. The smallest absolute Gasteiger partial charge is 0.315 e. The minimum absolute atomic E-state index is 0.0123. The van der Waals surface area contributed by atoms with Crippen molar-refractivity contribution in [3.05, 3.63) is 35.9 Å². The maximum absolute atomic E-state index is 12.2. The molecule has 1 unspecified atom stereocenters. The molecule has 0 spiro atoms. The molecule has 154 valence electrons. The van der Waals surface area contributed by atoms with Crippen LogP contribution >= 0.6 is 0 Å². The van der Waals surface area contributed by atoms with Gasteiger partial charge in [0.1, 0.15) is 0 Å². The summed E-state index contributed by atoms with van der Waals surface area (Å²) in [6, 6.07) is 9.23. The standard InChI is InChI=1S/C21H31N3O4/c25-19(23-17-9-5-2-6-10-17)13-14-22-21(28)24-18(11-12-20(26)27)15-16-7-3-1-4-8-16/h1,3-4,7-8,17-18H,2,5-6,9-15H2,(H,23,25)(H,26,27)(H2,22,24,28). The summed E-state index contributed by atoms with van der Waals surface area (Å²) in [4.78, 5) is 35.0. The zero-order chi connectivity index (χ0) is 20.2. The lowest BCUT2D eigenvalue weighted by Gasteiger charge is -2.23. The van der Waals surface area contributed by atoms with Gasteiger partial charge in [0.25, 0.3) is 0 Å². The molecule has 1 aliphatic rings. The Morgan fingerprint density at radius 2 is 1.75 bits per heavy atom. The molecule has 7 nitrogen and oxygen atoms in total. The van der Waals surface area contributed by atoms with E-state index in [-0.39, 0.29) is 43.4 Å². The van der Waals surface area contributed by atoms with Gasteiger partial charge in [-0.25, -0.2) is 4.79 Å². The lowest BCUT2D eigenvalue weighted by atomic mass is 9.95. The molecule has 0 aliphatic heterocycles. The Bertz CT molecular complexity index is 630. The molecule has 1 saturated carbocycles. The minimum atomic E-state index is -0.889. The molecule has 7 heteroatoms. The normalized spacial score (nSPS) is 15.4. The number of hydrogen-bond donors (Lipinski definition) is 4. The Morgan fingerprint density at radius 1 is 1.04 bits per heavy atom. The van der Waals surface area contributed by atoms with Crippen molar-refractivity contribution in [1.82, 2.24) is 16.0 Å². The van der Waals surface area contributed by atoms with Crippen LogP contribution in [0.1, 0.15) is 56.9 Å². The van der Waals surface area contributed by atoms with E-state index in [1.54, 1.807) is 0 Å². The highest BCUT2D eigenvalue weighted by Gasteiger charge is 2.17. The van der Waals surface area contributed by atoms with Crippen molar-refractivity contribution in [2.24, 2.45) is 0 Å². The quantitative estimate of drug-likeness (QED) is 0.493. The topological polar surface area (TPSA) is 108 Å². The maximum Gasteiger partial charge on any atom is 0.315 e. The number of urea groups is 1. The summed E-state index contributed by atoms with van der Waals surface area (Å²) >= 11 is 0. The fourth-order valence-electron chi connectivity index (χ4n) is 3.49. The van der Waals surface area contributed by atoms with Gasteiger partial charge in [-0.1, -0.05) is 49.6 Å². The van der Waals surface area contributed by atoms with Gasteiger partial charge in [0.05, 0.1) is 0 Å². The number of amides is 3. The predicted octanol–water partition coefficient (Wildman–Crippen LogP) is 2.60. The highest BCUT2D eigenvalue weighted by atomic mass is 16.4. The summed E-state index contributed by atoms with van der Waals surface area (Å²) in [7, 11) is 0. The van der Waals surface area contributed by atoms with E-state index < -0.39 is 5.97 Å². The van der Waals surface area contributed by atoms with E-state index in [2.05, 4.69) is 16.0 Å². The first-order valence-corrected chi connectivity index (χ1v) is 10.1. The van der Waals surface area contributed by atoms with Crippen molar-refractivity contribution in [3.8, 4) is 0 Å². The summed E-state index contributed by atoms with van der Waals surface area (Å²) in [5, 5.41) is 17.5. The predicted molar refractivity (Wildman–Crippen MR) is 107 cm³/mol. The van der Waals surface area contributed by atoms with Crippen molar-refractivity contribution in [1.29, 1.82) is 0 Å². The van der Waals surface area contributed by atoms with E-state index in [4.69, 9.17) is 5.11 Å². The van der Waals surface area contributed by atoms with Gasteiger partial charge in [-0.2, -0.15) is 0 Å². The molecule has 0 saturated heterocycles. The molecule has 0 bridgehead atoms. The van der Waals surface area contributed by atoms with Gasteiger partial charge in [-0.05, 0) is 31.2 Å². The van der Waals surface area contributed by atoms with E-state index in [0.717, 1.165) is 31.2 Å². The van der Waals surface area contributed by atoms with Crippen LogP contribution in [0.15, 0.2) is 30.3 Å². The summed E-state index contributed by atoms with van der Waals surface area (Å²) in [5.41, 5.74) is 1.03. The van der Waals surface area contributed by atoms with Crippen LogP contribution < -0.4 is 16.0 Å². The fourth-order valence-corrected chi connectivity index (χ4v) is 3.49. The van der Waals surface area contributed by atoms with Crippen LogP contribution in [0.25, 0.3) is 0 Å². The molecular formula is C21H31N3O4. The van der Waals surface area contributed by atoms with E-state index in [1.807, 2.05) is 30.3 Å². The van der Waals surface area contributed by atoms with Crippen molar-refractivity contribution in [3.63, 3.8) is 0 Å². The summed E-state index contributed by atoms with van der Waals surface area (Å²) in [5.74, 6) is -0.932. The first-order chi connectivity index (χ1) is 13.5. The molecule has 0 aromatic heterocycles. The lowest BCUT2D eigenvalue weighted by Crippen LogP contribution is -2.44. The van der Waals surface area contributed by atoms with Crippen LogP contribution in [0.2, 0.25) is 0 Å². The third-order valence-electron chi connectivity index (χ3n) is 4.97. The third-order valence-corrected chi connectivity index (χ3v) is 4.97. The Balaban J connectivity index is 1.71. The molecular weight excluding hydrogens is 358 g/mol. The number of carbonyl (C=O) groups excluding carboxylic acids is 2. The van der Waals surface area contributed by atoms with Crippen LogP contribution in [0, 0.1) is 0 Å². The summed E-state index contributed by atoms with van der Waals surface area (Å²) in [6.45, 7) is 0.251. The van der Waals surface area contributed by atoms with Gasteiger partial charge in [-0.15, -0.1) is 0 Å². The van der Waals surface area contributed by atoms with Crippen LogP contribution in [0.5, 0.6) is 0 Å². The van der Waals surface area contributed by atoms with E-state index >= 15 is 0 Å². The first kappa shape index (κ1) is 21.7. The number of carboxylic acid groups (broad SMARTS) is 1. The lowest BCUT2D eigenvalue weighted by molar-refractivity contribution is -0.137. The molecule has 3 amide bonds. The fraction of sp³-hybridized carbons (Fsp3) is 0.571. The molecule has 1 atom stereocenters. The number of hydrogen-bond acceptors (Lipinski definition) is 3. The highest BCUT2D eigenvalue weighted by Crippen LogP contribution is 2.17. The Labute approximate surface area is 166 Å². The third kappa shape index (κ3) is 8.88. The average Bonchev–Trinajstić information content (AvgIpc) is 2.67. The van der Waals surface area contributed by atoms with E-state index in [9.17, 15) is 14.4 Å². The molecule has 1 aliphatic carbocycles. The average molecular weight is 389 g/mol. The van der Waals surface area contributed by atoms with E-state index in [1.165, 1.54) is 6.42 Å². The maximum atomic E-state index is 12.2. The van der Waals surface area contributed by atoms with Crippen molar-refractivity contribution in [2.45, 2.75) is 69.9 Å². The molecule has 1 aromatic carbocycles. The molecule has 4 N–H and O–H groups in total. The molecule has 28 heavy (non-hydrogen) atoms.